The highest BCUT2D eigenvalue weighted by Crippen LogP contribution is 2.26. The number of carbonyl (C=O) groups excluding carboxylic acids is 1. The highest BCUT2D eigenvalue weighted by atomic mass is 32.2. The van der Waals surface area contributed by atoms with Gasteiger partial charge in [-0.1, -0.05) is 24.3 Å². The zero-order valence-corrected chi connectivity index (χ0v) is 13.1. The Hall–Kier alpha value is -1.86. The zero-order chi connectivity index (χ0) is 15.3. The van der Waals surface area contributed by atoms with E-state index in [9.17, 15) is 13.2 Å². The summed E-state index contributed by atoms with van der Waals surface area (Å²) in [6.07, 6.45) is 0. The van der Waals surface area contributed by atoms with Crippen LogP contribution < -0.4 is 4.31 Å². The number of para-hydroxylation sites is 1. The third-order valence-corrected chi connectivity index (χ3v) is 5.81. The van der Waals surface area contributed by atoms with Gasteiger partial charge in [0, 0.05) is 0 Å². The van der Waals surface area contributed by atoms with E-state index in [0.29, 0.717) is 5.69 Å². The fourth-order valence-electron chi connectivity index (χ4n) is 1.75. The Kier molecular flexibility index (Phi) is 4.98. The average molecular weight is 325 g/mol. The van der Waals surface area contributed by atoms with Crippen LogP contribution in [0.15, 0.2) is 52.1 Å². The van der Waals surface area contributed by atoms with E-state index >= 15 is 0 Å². The Balaban J connectivity index is 2.39. The first-order chi connectivity index (χ1) is 10.1. The van der Waals surface area contributed by atoms with Gasteiger partial charge < -0.3 is 4.74 Å². The van der Waals surface area contributed by atoms with Crippen molar-refractivity contribution in [1.82, 2.24) is 0 Å². The summed E-state index contributed by atoms with van der Waals surface area (Å²) < 4.78 is 31.4. The number of hydrogen-bond donors (Lipinski definition) is 0. The van der Waals surface area contributed by atoms with Crippen molar-refractivity contribution < 1.29 is 17.9 Å². The van der Waals surface area contributed by atoms with E-state index < -0.39 is 16.0 Å². The van der Waals surface area contributed by atoms with Crippen LogP contribution >= 0.6 is 11.3 Å². The number of thiophene rings is 1. The van der Waals surface area contributed by atoms with Crippen molar-refractivity contribution in [2.75, 3.05) is 17.5 Å². The fraction of sp³-hybridized carbons (Fsp3) is 0.214. The predicted molar refractivity (Wildman–Crippen MR) is 81.9 cm³/mol. The molecule has 21 heavy (non-hydrogen) atoms. The minimum atomic E-state index is -3.77. The van der Waals surface area contributed by atoms with Crippen molar-refractivity contribution >= 4 is 33.0 Å². The van der Waals surface area contributed by atoms with E-state index in [1.165, 1.54) is 6.07 Å². The summed E-state index contributed by atoms with van der Waals surface area (Å²) >= 11 is 1.11. The highest BCUT2D eigenvalue weighted by Gasteiger charge is 2.28. The number of benzene rings is 1. The molecule has 0 saturated carbocycles. The molecule has 0 atom stereocenters. The minimum absolute atomic E-state index is 0.190. The maximum atomic E-state index is 12.7. The quantitative estimate of drug-likeness (QED) is 0.766. The van der Waals surface area contributed by atoms with Crippen LogP contribution in [0.5, 0.6) is 0 Å². The predicted octanol–water partition coefficient (Wildman–Crippen LogP) is 2.51. The Morgan fingerprint density at radius 3 is 2.48 bits per heavy atom. The van der Waals surface area contributed by atoms with Gasteiger partial charge in [0.15, 0.2) is 0 Å². The van der Waals surface area contributed by atoms with Crippen molar-refractivity contribution in [3.8, 4) is 0 Å². The van der Waals surface area contributed by atoms with Crippen molar-refractivity contribution in [2.45, 2.75) is 11.1 Å². The first-order valence-electron chi connectivity index (χ1n) is 6.32. The van der Waals surface area contributed by atoms with Crippen LogP contribution in [0.25, 0.3) is 0 Å². The summed E-state index contributed by atoms with van der Waals surface area (Å²) in [6.45, 7) is 1.54. The van der Waals surface area contributed by atoms with Crippen LogP contribution in [-0.2, 0) is 19.6 Å². The molecule has 0 fully saturated rings. The molecule has 0 aliphatic carbocycles. The van der Waals surface area contributed by atoms with Gasteiger partial charge in [-0.05, 0) is 30.5 Å². The second kappa shape index (κ2) is 6.73. The van der Waals surface area contributed by atoms with Gasteiger partial charge in [-0.3, -0.25) is 9.10 Å². The van der Waals surface area contributed by atoms with Crippen molar-refractivity contribution in [3.05, 3.63) is 47.8 Å². The largest absolute Gasteiger partial charge is 0.465 e. The third kappa shape index (κ3) is 3.62. The molecule has 0 radical (unpaired) electrons. The first kappa shape index (κ1) is 15.5. The molecule has 112 valence electrons. The normalized spacial score (nSPS) is 11.1. The summed E-state index contributed by atoms with van der Waals surface area (Å²) in [5, 5.41) is 1.68. The van der Waals surface area contributed by atoms with E-state index in [1.54, 1.807) is 48.7 Å². The van der Waals surface area contributed by atoms with E-state index in [2.05, 4.69) is 0 Å². The Labute approximate surface area is 127 Å². The molecule has 2 aromatic rings. The summed E-state index contributed by atoms with van der Waals surface area (Å²) in [5.74, 6) is -0.582. The number of anilines is 1. The van der Waals surface area contributed by atoms with E-state index in [4.69, 9.17) is 4.74 Å². The Morgan fingerprint density at radius 2 is 1.90 bits per heavy atom. The average Bonchev–Trinajstić information content (AvgIpc) is 3.01. The smallest absolute Gasteiger partial charge is 0.326 e. The number of nitrogens with zero attached hydrogens (tertiary/aromatic N) is 1. The molecule has 1 aromatic heterocycles. The van der Waals surface area contributed by atoms with E-state index in [1.807, 2.05) is 0 Å². The molecular formula is C14H15NO4S2. The molecule has 0 saturated heterocycles. The van der Waals surface area contributed by atoms with Gasteiger partial charge >= 0.3 is 5.97 Å². The van der Waals surface area contributed by atoms with Crippen LogP contribution in [-0.4, -0.2) is 27.5 Å². The van der Waals surface area contributed by atoms with Crippen LogP contribution in [0, 0.1) is 0 Å². The van der Waals surface area contributed by atoms with Gasteiger partial charge in [-0.2, -0.15) is 0 Å². The summed E-state index contributed by atoms with van der Waals surface area (Å²) in [7, 11) is -3.77. The maximum Gasteiger partial charge on any atom is 0.326 e. The van der Waals surface area contributed by atoms with Crippen LogP contribution in [0.2, 0.25) is 0 Å². The molecule has 1 aromatic carbocycles. The molecule has 0 bridgehead atoms. The van der Waals surface area contributed by atoms with Gasteiger partial charge in [0.05, 0.1) is 12.3 Å². The lowest BCUT2D eigenvalue weighted by molar-refractivity contribution is -0.141. The molecule has 5 nitrogen and oxygen atoms in total. The van der Waals surface area contributed by atoms with Gasteiger partial charge in [0.2, 0.25) is 0 Å². The van der Waals surface area contributed by atoms with Crippen molar-refractivity contribution in [1.29, 1.82) is 0 Å². The molecule has 7 heteroatoms. The van der Waals surface area contributed by atoms with Crippen molar-refractivity contribution in [3.63, 3.8) is 0 Å². The molecule has 0 spiro atoms. The molecule has 0 amide bonds. The number of sulfonamides is 1. The highest BCUT2D eigenvalue weighted by molar-refractivity contribution is 7.94. The lowest BCUT2D eigenvalue weighted by Gasteiger charge is -2.22. The molecule has 0 aliphatic heterocycles. The number of rotatable bonds is 6. The van der Waals surface area contributed by atoms with Gasteiger partial charge in [-0.25, -0.2) is 8.42 Å². The molecule has 0 aliphatic rings. The Morgan fingerprint density at radius 1 is 1.19 bits per heavy atom. The molecule has 0 unspecified atom stereocenters. The van der Waals surface area contributed by atoms with Crippen molar-refractivity contribution in [2.24, 2.45) is 0 Å². The fourth-order valence-corrected chi connectivity index (χ4v) is 4.27. The number of hydrogen-bond acceptors (Lipinski definition) is 5. The van der Waals surface area contributed by atoms with E-state index in [-0.39, 0.29) is 17.4 Å². The second-order valence-electron chi connectivity index (χ2n) is 4.08. The zero-order valence-electron chi connectivity index (χ0n) is 11.4. The number of ether oxygens (including phenoxy) is 1. The SMILES string of the molecule is CCOC(=O)CN(c1ccccc1)S(=O)(=O)c1cccs1. The van der Waals surface area contributed by atoms with E-state index in [0.717, 1.165) is 15.6 Å². The standard InChI is InChI=1S/C14H15NO4S2/c1-2-19-13(16)11-15(12-7-4-3-5-8-12)21(17,18)14-9-6-10-20-14/h3-10H,2,11H2,1H3. The van der Waals surface area contributed by atoms with Crippen LogP contribution in [0.4, 0.5) is 5.69 Å². The topological polar surface area (TPSA) is 63.7 Å². The lowest BCUT2D eigenvalue weighted by atomic mass is 10.3. The third-order valence-electron chi connectivity index (χ3n) is 2.66. The van der Waals surface area contributed by atoms with Crippen LogP contribution in [0.1, 0.15) is 6.92 Å². The molecule has 1 heterocycles. The number of esters is 1. The monoisotopic (exact) mass is 325 g/mol. The van der Waals surface area contributed by atoms with Gasteiger partial charge in [-0.15, -0.1) is 11.3 Å². The molecule has 0 N–H and O–H groups in total. The second-order valence-corrected chi connectivity index (χ2v) is 7.12. The minimum Gasteiger partial charge on any atom is -0.465 e. The van der Waals surface area contributed by atoms with Gasteiger partial charge in [0.1, 0.15) is 10.8 Å². The van der Waals surface area contributed by atoms with Gasteiger partial charge in [0.25, 0.3) is 10.0 Å². The summed E-state index contributed by atoms with van der Waals surface area (Å²) in [4.78, 5) is 11.7. The lowest BCUT2D eigenvalue weighted by Crippen LogP contribution is -2.36. The molecule has 2 rings (SSSR count). The molecular weight excluding hydrogens is 310 g/mol. The maximum absolute atomic E-state index is 12.7. The summed E-state index contributed by atoms with van der Waals surface area (Å²) in [5.41, 5.74) is 0.430. The summed E-state index contributed by atoms with van der Waals surface area (Å²) in [6, 6.07) is 11.7. The Bertz CT molecular complexity index is 681. The first-order valence-corrected chi connectivity index (χ1v) is 8.64. The number of carbonyl (C=O) groups is 1. The van der Waals surface area contributed by atoms with Crippen LogP contribution in [0.3, 0.4) is 0 Å².